The van der Waals surface area contributed by atoms with Gasteiger partial charge in [0.05, 0.1) is 0 Å². The lowest BCUT2D eigenvalue weighted by Gasteiger charge is -2.13. The Morgan fingerprint density at radius 2 is 2.05 bits per heavy atom. The number of rotatable bonds is 2. The topological polar surface area (TPSA) is 45.4 Å². The van der Waals surface area contributed by atoms with Crippen LogP contribution in [0.2, 0.25) is 0 Å². The van der Waals surface area contributed by atoms with Crippen molar-refractivity contribution < 1.29 is 9.52 Å². The van der Waals surface area contributed by atoms with Crippen LogP contribution in [-0.4, -0.2) is 11.7 Å². The summed E-state index contributed by atoms with van der Waals surface area (Å²) in [7, 11) is 0. The number of hydrogen-bond acceptors (Lipinski definition) is 3. The second-order valence-electron chi connectivity index (χ2n) is 5.60. The van der Waals surface area contributed by atoms with Crippen LogP contribution in [0.25, 0.3) is 11.0 Å². The zero-order valence-electron chi connectivity index (χ0n) is 11.9. The Bertz CT molecular complexity index is 819. The molecule has 1 unspecified atom stereocenters. The van der Waals surface area contributed by atoms with Crippen molar-refractivity contribution >= 4 is 16.7 Å². The van der Waals surface area contributed by atoms with E-state index < -0.39 is 6.10 Å². The van der Waals surface area contributed by atoms with E-state index in [-0.39, 0.29) is 0 Å². The van der Waals surface area contributed by atoms with Gasteiger partial charge >= 0.3 is 0 Å². The minimum Gasteiger partial charge on any atom is -0.458 e. The number of furan rings is 1. The van der Waals surface area contributed by atoms with Crippen LogP contribution in [0.15, 0.2) is 46.9 Å². The van der Waals surface area contributed by atoms with Gasteiger partial charge in [-0.3, -0.25) is 0 Å². The van der Waals surface area contributed by atoms with E-state index in [1.165, 1.54) is 5.56 Å². The summed E-state index contributed by atoms with van der Waals surface area (Å²) < 4.78 is 5.90. The number of para-hydroxylation sites is 2. The van der Waals surface area contributed by atoms with E-state index in [2.05, 4.69) is 11.4 Å². The fourth-order valence-electron chi connectivity index (χ4n) is 3.11. The van der Waals surface area contributed by atoms with E-state index >= 15 is 0 Å². The monoisotopic (exact) mass is 279 g/mol. The first-order chi connectivity index (χ1) is 10.2. The smallest absolute Gasteiger partial charge is 0.139 e. The van der Waals surface area contributed by atoms with Crippen molar-refractivity contribution in [3.8, 4) is 0 Å². The molecule has 0 bridgehead atoms. The Labute approximate surface area is 123 Å². The third-order valence-corrected chi connectivity index (χ3v) is 4.20. The molecule has 0 aliphatic carbocycles. The van der Waals surface area contributed by atoms with E-state index in [9.17, 15) is 5.11 Å². The van der Waals surface area contributed by atoms with Gasteiger partial charge in [0.25, 0.3) is 0 Å². The van der Waals surface area contributed by atoms with Crippen molar-refractivity contribution in [3.05, 3.63) is 64.9 Å². The number of aliphatic hydroxyl groups excluding tert-OH is 1. The van der Waals surface area contributed by atoms with Gasteiger partial charge in [0.2, 0.25) is 0 Å². The summed E-state index contributed by atoms with van der Waals surface area (Å²) in [4.78, 5) is 0. The molecule has 106 valence electrons. The molecule has 1 aliphatic heterocycles. The Morgan fingerprint density at radius 3 is 2.90 bits per heavy atom. The molecular formula is C18H17NO2. The summed E-state index contributed by atoms with van der Waals surface area (Å²) >= 11 is 0. The second kappa shape index (κ2) is 4.64. The average molecular weight is 279 g/mol. The highest BCUT2D eigenvalue weighted by atomic mass is 16.4. The minimum atomic E-state index is -0.739. The maximum absolute atomic E-state index is 10.7. The van der Waals surface area contributed by atoms with Crippen LogP contribution in [0.5, 0.6) is 0 Å². The van der Waals surface area contributed by atoms with Crippen molar-refractivity contribution in [2.75, 3.05) is 11.9 Å². The number of fused-ring (bicyclic) bond motifs is 2. The summed E-state index contributed by atoms with van der Waals surface area (Å²) in [6.07, 6.45) is 0.270. The third kappa shape index (κ3) is 1.93. The molecule has 21 heavy (non-hydrogen) atoms. The van der Waals surface area contributed by atoms with Crippen LogP contribution in [0.4, 0.5) is 5.69 Å². The van der Waals surface area contributed by atoms with Crippen molar-refractivity contribution in [1.29, 1.82) is 0 Å². The van der Waals surface area contributed by atoms with Gasteiger partial charge in [-0.2, -0.15) is 0 Å². The Kier molecular flexibility index (Phi) is 2.76. The first-order valence-electron chi connectivity index (χ1n) is 7.27. The van der Waals surface area contributed by atoms with Crippen LogP contribution in [0.1, 0.15) is 28.6 Å². The lowest BCUT2D eigenvalue weighted by Crippen LogP contribution is -2.02. The van der Waals surface area contributed by atoms with Crippen molar-refractivity contribution in [3.63, 3.8) is 0 Å². The minimum absolute atomic E-state index is 0.599. The molecule has 0 fully saturated rings. The maximum atomic E-state index is 10.7. The Morgan fingerprint density at radius 1 is 1.19 bits per heavy atom. The summed E-state index contributed by atoms with van der Waals surface area (Å²) in [6, 6.07) is 14.0. The number of anilines is 1. The first-order valence-corrected chi connectivity index (χ1v) is 7.27. The van der Waals surface area contributed by atoms with Gasteiger partial charge in [-0.1, -0.05) is 36.4 Å². The third-order valence-electron chi connectivity index (χ3n) is 4.20. The van der Waals surface area contributed by atoms with Crippen LogP contribution in [0.3, 0.4) is 0 Å². The summed E-state index contributed by atoms with van der Waals surface area (Å²) in [5.74, 6) is 0.599. The first kappa shape index (κ1) is 12.5. The lowest BCUT2D eigenvalue weighted by atomic mass is 10.0. The molecule has 1 aliphatic rings. The molecule has 0 saturated heterocycles. The number of aliphatic hydroxyl groups is 1. The van der Waals surface area contributed by atoms with Gasteiger partial charge in [-0.05, 0) is 30.5 Å². The van der Waals surface area contributed by atoms with Gasteiger partial charge < -0.3 is 14.8 Å². The molecule has 2 N–H and O–H groups in total. The highest BCUT2D eigenvalue weighted by molar-refractivity contribution is 5.81. The predicted octanol–water partition coefficient (Wildman–Crippen LogP) is 3.79. The molecule has 0 saturated carbocycles. The summed E-state index contributed by atoms with van der Waals surface area (Å²) in [5, 5.41) is 15.1. The summed E-state index contributed by atoms with van der Waals surface area (Å²) in [5.41, 5.74) is 5.15. The average Bonchev–Trinajstić information content (AvgIpc) is 3.13. The molecule has 0 amide bonds. The van der Waals surface area contributed by atoms with E-state index in [1.807, 2.05) is 43.3 Å². The van der Waals surface area contributed by atoms with E-state index in [1.54, 1.807) is 0 Å². The number of benzene rings is 2. The van der Waals surface area contributed by atoms with Crippen LogP contribution < -0.4 is 5.32 Å². The molecule has 0 radical (unpaired) electrons. The standard InChI is InChI=1S/C18H17NO2/c1-11-4-2-6-13-10-15(21-18(11)13)17(20)14-7-3-5-12-8-9-19-16(12)14/h2-7,10,17,19-20H,8-9H2,1H3. The molecule has 1 aromatic heterocycles. The molecule has 2 heterocycles. The van der Waals surface area contributed by atoms with Gasteiger partial charge in [0.1, 0.15) is 17.4 Å². The SMILES string of the molecule is Cc1cccc2cc(C(O)c3cccc4c3NCC4)oc12. The Balaban J connectivity index is 1.82. The van der Waals surface area contributed by atoms with Crippen molar-refractivity contribution in [2.24, 2.45) is 0 Å². The molecule has 3 heteroatoms. The number of hydrogen-bond donors (Lipinski definition) is 2. The van der Waals surface area contributed by atoms with E-state index in [0.717, 1.165) is 40.7 Å². The molecule has 0 spiro atoms. The second-order valence-corrected chi connectivity index (χ2v) is 5.60. The van der Waals surface area contributed by atoms with Crippen molar-refractivity contribution in [1.82, 2.24) is 0 Å². The van der Waals surface area contributed by atoms with Crippen molar-refractivity contribution in [2.45, 2.75) is 19.4 Å². The fourth-order valence-corrected chi connectivity index (χ4v) is 3.11. The maximum Gasteiger partial charge on any atom is 0.139 e. The van der Waals surface area contributed by atoms with Crippen LogP contribution in [-0.2, 0) is 6.42 Å². The van der Waals surface area contributed by atoms with Crippen LogP contribution in [0, 0.1) is 6.92 Å². The Hall–Kier alpha value is -2.26. The lowest BCUT2D eigenvalue weighted by molar-refractivity contribution is 0.193. The predicted molar refractivity (Wildman–Crippen MR) is 83.6 cm³/mol. The quantitative estimate of drug-likeness (QED) is 0.750. The van der Waals surface area contributed by atoms with Gasteiger partial charge in [-0.25, -0.2) is 0 Å². The van der Waals surface area contributed by atoms with E-state index in [4.69, 9.17) is 4.42 Å². The highest BCUT2D eigenvalue weighted by Crippen LogP contribution is 2.36. The zero-order valence-corrected chi connectivity index (χ0v) is 11.9. The van der Waals surface area contributed by atoms with E-state index in [0.29, 0.717) is 5.76 Å². The highest BCUT2D eigenvalue weighted by Gasteiger charge is 2.22. The zero-order chi connectivity index (χ0) is 14.4. The van der Waals surface area contributed by atoms with Crippen LogP contribution >= 0.6 is 0 Å². The van der Waals surface area contributed by atoms with Gasteiger partial charge in [-0.15, -0.1) is 0 Å². The van der Waals surface area contributed by atoms with Gasteiger partial charge in [0, 0.05) is 23.2 Å². The largest absolute Gasteiger partial charge is 0.458 e. The summed E-state index contributed by atoms with van der Waals surface area (Å²) in [6.45, 7) is 2.95. The molecule has 1 atom stereocenters. The molecule has 2 aromatic carbocycles. The molecular weight excluding hydrogens is 262 g/mol. The molecule has 3 aromatic rings. The number of aryl methyl sites for hydroxylation is 1. The number of nitrogens with one attached hydrogen (secondary N) is 1. The molecule has 4 rings (SSSR count). The fraction of sp³-hybridized carbons (Fsp3) is 0.222. The molecule has 3 nitrogen and oxygen atoms in total. The normalized spacial score (nSPS) is 15.0. The van der Waals surface area contributed by atoms with Gasteiger partial charge in [0.15, 0.2) is 0 Å².